The lowest BCUT2D eigenvalue weighted by Crippen LogP contribution is -2.24. The van der Waals surface area contributed by atoms with Crippen LogP contribution >= 0.6 is 27.5 Å². The van der Waals surface area contributed by atoms with Gasteiger partial charge in [0.1, 0.15) is 12.4 Å². The molecule has 0 heterocycles. The fourth-order valence-corrected chi connectivity index (χ4v) is 2.25. The number of aliphatic hydroxyl groups excluding tert-OH is 1. The van der Waals surface area contributed by atoms with Crippen molar-refractivity contribution in [3.8, 4) is 5.75 Å². The van der Waals surface area contributed by atoms with Crippen molar-refractivity contribution in [2.24, 2.45) is 5.41 Å². The highest BCUT2D eigenvalue weighted by Gasteiger charge is 2.17. The molecule has 0 amide bonds. The average molecular weight is 321 g/mol. The van der Waals surface area contributed by atoms with E-state index in [-0.39, 0.29) is 12.0 Å². The number of ether oxygens (including phenoxy) is 1. The molecular weight excluding hydrogens is 303 g/mol. The summed E-state index contributed by atoms with van der Waals surface area (Å²) in [5.41, 5.74) is -0.0301. The van der Waals surface area contributed by atoms with Crippen molar-refractivity contribution in [3.63, 3.8) is 0 Å². The van der Waals surface area contributed by atoms with Gasteiger partial charge < -0.3 is 9.84 Å². The third kappa shape index (κ3) is 6.29. The summed E-state index contributed by atoms with van der Waals surface area (Å²) in [7, 11) is 0. The Bertz CT molecular complexity index is 354. The topological polar surface area (TPSA) is 29.5 Å². The summed E-state index contributed by atoms with van der Waals surface area (Å²) in [6.45, 7) is 6.33. The zero-order chi connectivity index (χ0) is 13.1. The van der Waals surface area contributed by atoms with Crippen LogP contribution < -0.4 is 4.74 Å². The fraction of sp³-hybridized carbons (Fsp3) is 0.462. The number of halogens is 2. The molecule has 0 aliphatic carbocycles. The summed E-state index contributed by atoms with van der Waals surface area (Å²) in [5, 5.41) is 10.4. The van der Waals surface area contributed by atoms with Gasteiger partial charge in [-0.1, -0.05) is 48.3 Å². The van der Waals surface area contributed by atoms with Gasteiger partial charge in [-0.3, -0.25) is 0 Å². The van der Waals surface area contributed by atoms with Crippen molar-refractivity contribution >= 4 is 27.5 Å². The molecule has 1 aromatic rings. The van der Waals surface area contributed by atoms with Crippen LogP contribution in [-0.2, 0) is 0 Å². The van der Waals surface area contributed by atoms with Gasteiger partial charge in [-0.15, -0.1) is 0 Å². The average Bonchev–Trinajstić information content (AvgIpc) is 2.10. The first-order chi connectivity index (χ1) is 7.76. The minimum Gasteiger partial charge on any atom is -0.491 e. The second-order valence-corrected chi connectivity index (χ2v) is 6.37. The molecule has 0 aromatic heterocycles. The molecule has 1 radical (unpaired) electrons. The highest BCUT2D eigenvalue weighted by molar-refractivity contribution is 9.10. The lowest BCUT2D eigenvalue weighted by Gasteiger charge is -2.22. The van der Waals surface area contributed by atoms with Crippen LogP contribution in [0, 0.1) is 11.8 Å². The Kier molecular flexibility index (Phi) is 5.29. The van der Waals surface area contributed by atoms with Gasteiger partial charge in [0.25, 0.3) is 0 Å². The molecule has 1 aromatic carbocycles. The van der Waals surface area contributed by atoms with Gasteiger partial charge in [-0.2, -0.15) is 0 Å². The molecule has 1 rings (SSSR count). The molecule has 1 atom stereocenters. The Labute approximate surface area is 116 Å². The third-order valence-corrected chi connectivity index (χ3v) is 2.63. The first-order valence-electron chi connectivity index (χ1n) is 5.39. The van der Waals surface area contributed by atoms with Crippen LogP contribution in [0.1, 0.15) is 20.8 Å². The molecule has 0 saturated heterocycles. The molecular formula is C13H17BrClO2. The molecule has 4 heteroatoms. The summed E-state index contributed by atoms with van der Waals surface area (Å²) >= 11 is 9.23. The second kappa shape index (κ2) is 6.07. The number of hydrogen-bond acceptors (Lipinski definition) is 2. The highest BCUT2D eigenvalue weighted by Crippen LogP contribution is 2.25. The van der Waals surface area contributed by atoms with E-state index in [2.05, 4.69) is 15.9 Å². The van der Waals surface area contributed by atoms with Gasteiger partial charge in [0.15, 0.2) is 0 Å². The number of hydrogen-bond donors (Lipinski definition) is 1. The van der Waals surface area contributed by atoms with Crippen molar-refractivity contribution in [2.75, 3.05) is 6.61 Å². The molecule has 0 fully saturated rings. The first kappa shape index (κ1) is 14.8. The van der Waals surface area contributed by atoms with E-state index < -0.39 is 6.10 Å². The maximum Gasteiger partial charge on any atom is 0.122 e. The predicted molar refractivity (Wildman–Crippen MR) is 74.4 cm³/mol. The summed E-state index contributed by atoms with van der Waals surface area (Å²) in [4.78, 5) is 0. The largest absolute Gasteiger partial charge is 0.491 e. The Hall–Kier alpha value is -0.250. The van der Waals surface area contributed by atoms with Crippen LogP contribution in [0.15, 0.2) is 22.7 Å². The molecule has 1 unspecified atom stereocenters. The van der Waals surface area contributed by atoms with E-state index in [0.29, 0.717) is 10.8 Å². The Morgan fingerprint density at radius 3 is 2.59 bits per heavy atom. The zero-order valence-corrected chi connectivity index (χ0v) is 12.5. The lowest BCUT2D eigenvalue weighted by atomic mass is 9.89. The van der Waals surface area contributed by atoms with E-state index in [4.69, 9.17) is 16.3 Å². The highest BCUT2D eigenvalue weighted by atomic mass is 79.9. The van der Waals surface area contributed by atoms with Crippen molar-refractivity contribution in [3.05, 3.63) is 34.1 Å². The van der Waals surface area contributed by atoms with E-state index in [9.17, 15) is 5.11 Å². The zero-order valence-electron chi connectivity index (χ0n) is 10.2. The minimum atomic E-state index is -0.590. The molecule has 95 valence electrons. The molecule has 0 aliphatic rings. The maximum absolute atomic E-state index is 9.76. The number of benzene rings is 1. The predicted octanol–water partition coefficient (Wildman–Crippen LogP) is 4.09. The van der Waals surface area contributed by atoms with E-state index in [1.54, 1.807) is 12.1 Å². The van der Waals surface area contributed by atoms with Crippen LogP contribution in [0.2, 0.25) is 5.02 Å². The standard InChI is InChI=1S/C13H17BrClO2/c1-13(2,3)7-11(16)8-17-12-5-9(14)4-10(15)6-12/h4-7,11,16H,8H2,1-3H3. The number of aliphatic hydroxyl groups is 1. The quantitative estimate of drug-likeness (QED) is 0.905. The Morgan fingerprint density at radius 2 is 2.06 bits per heavy atom. The summed E-state index contributed by atoms with van der Waals surface area (Å²) in [6.07, 6.45) is 1.26. The summed E-state index contributed by atoms with van der Waals surface area (Å²) < 4.78 is 6.34. The van der Waals surface area contributed by atoms with Crippen LogP contribution in [0.25, 0.3) is 0 Å². The van der Waals surface area contributed by atoms with E-state index in [0.717, 1.165) is 4.47 Å². The molecule has 2 nitrogen and oxygen atoms in total. The van der Waals surface area contributed by atoms with Crippen molar-refractivity contribution in [2.45, 2.75) is 26.9 Å². The molecule has 1 N–H and O–H groups in total. The fourth-order valence-electron chi connectivity index (χ4n) is 1.42. The van der Waals surface area contributed by atoms with E-state index in [1.807, 2.05) is 33.3 Å². The van der Waals surface area contributed by atoms with Crippen LogP contribution in [0.5, 0.6) is 5.75 Å². The molecule has 0 saturated carbocycles. The van der Waals surface area contributed by atoms with Crippen molar-refractivity contribution in [1.29, 1.82) is 0 Å². The van der Waals surface area contributed by atoms with Crippen molar-refractivity contribution < 1.29 is 9.84 Å². The van der Waals surface area contributed by atoms with Crippen LogP contribution in [0.3, 0.4) is 0 Å². The lowest BCUT2D eigenvalue weighted by molar-refractivity contribution is 0.115. The van der Waals surface area contributed by atoms with E-state index >= 15 is 0 Å². The minimum absolute atomic E-state index is 0.0301. The normalized spacial score (nSPS) is 13.5. The van der Waals surface area contributed by atoms with E-state index in [1.165, 1.54) is 0 Å². The molecule has 17 heavy (non-hydrogen) atoms. The summed E-state index contributed by atoms with van der Waals surface area (Å²) in [6, 6.07) is 5.32. The Balaban J connectivity index is 2.50. The van der Waals surface area contributed by atoms with Gasteiger partial charge in [0, 0.05) is 9.50 Å². The molecule has 0 spiro atoms. The van der Waals surface area contributed by atoms with Gasteiger partial charge in [-0.05, 0) is 30.0 Å². The van der Waals surface area contributed by atoms with Gasteiger partial charge in [0.2, 0.25) is 0 Å². The molecule has 0 bridgehead atoms. The Morgan fingerprint density at radius 1 is 1.41 bits per heavy atom. The SMILES string of the molecule is CC(C)(C)[CH]C(O)COc1cc(Cl)cc(Br)c1. The summed E-state index contributed by atoms with van der Waals surface area (Å²) in [5.74, 6) is 0.644. The smallest absolute Gasteiger partial charge is 0.122 e. The van der Waals surface area contributed by atoms with Crippen LogP contribution in [-0.4, -0.2) is 17.8 Å². The van der Waals surface area contributed by atoms with Crippen molar-refractivity contribution in [1.82, 2.24) is 0 Å². The van der Waals surface area contributed by atoms with Crippen LogP contribution in [0.4, 0.5) is 0 Å². The van der Waals surface area contributed by atoms with Gasteiger partial charge in [0.05, 0.1) is 6.10 Å². The maximum atomic E-state index is 9.76. The van der Waals surface area contributed by atoms with Gasteiger partial charge in [-0.25, -0.2) is 0 Å². The first-order valence-corrected chi connectivity index (χ1v) is 6.56. The third-order valence-electron chi connectivity index (χ3n) is 1.95. The molecule has 0 aliphatic heterocycles. The van der Waals surface area contributed by atoms with Gasteiger partial charge >= 0.3 is 0 Å². The number of rotatable bonds is 4. The second-order valence-electron chi connectivity index (χ2n) is 5.02. The monoisotopic (exact) mass is 319 g/mol.